The molecule has 0 aliphatic carbocycles. The molecule has 0 fully saturated rings. The van der Waals surface area contributed by atoms with Gasteiger partial charge in [-0.2, -0.15) is 13.2 Å². The molecule has 3 aromatic rings. The maximum absolute atomic E-state index is 13.1. The summed E-state index contributed by atoms with van der Waals surface area (Å²) >= 11 is 0. The molecule has 3 N–H and O–H groups in total. The first-order valence-corrected chi connectivity index (χ1v) is 9.66. The van der Waals surface area contributed by atoms with Crippen LogP contribution in [0.1, 0.15) is 17.2 Å². The van der Waals surface area contributed by atoms with Gasteiger partial charge in [-0.1, -0.05) is 36.4 Å². The first-order valence-electron chi connectivity index (χ1n) is 9.66. The van der Waals surface area contributed by atoms with Crippen molar-refractivity contribution in [1.82, 2.24) is 0 Å². The number of fused-ring (bicyclic) bond motifs is 1. The number of anilines is 3. The second-order valence-electron chi connectivity index (χ2n) is 7.10. The minimum absolute atomic E-state index is 0.0265. The van der Waals surface area contributed by atoms with Gasteiger partial charge in [0.15, 0.2) is 6.61 Å². The van der Waals surface area contributed by atoms with Crippen molar-refractivity contribution >= 4 is 28.9 Å². The topological polar surface area (TPSA) is 79.5 Å². The molecule has 6 nitrogen and oxygen atoms in total. The van der Waals surface area contributed by atoms with E-state index in [2.05, 4.69) is 16.0 Å². The monoisotopic (exact) mass is 441 g/mol. The van der Waals surface area contributed by atoms with E-state index >= 15 is 0 Å². The molecule has 2 amide bonds. The average molecular weight is 441 g/mol. The molecule has 0 radical (unpaired) electrons. The summed E-state index contributed by atoms with van der Waals surface area (Å²) < 4.78 is 44.4. The summed E-state index contributed by atoms with van der Waals surface area (Å²) in [7, 11) is 0. The Balaban J connectivity index is 1.60. The van der Waals surface area contributed by atoms with Crippen molar-refractivity contribution in [2.75, 3.05) is 22.6 Å². The lowest BCUT2D eigenvalue weighted by molar-refractivity contribution is -0.137. The fourth-order valence-electron chi connectivity index (χ4n) is 3.27. The van der Waals surface area contributed by atoms with E-state index < -0.39 is 23.7 Å². The summed E-state index contributed by atoms with van der Waals surface area (Å²) in [5, 5.41) is 8.32. The van der Waals surface area contributed by atoms with Gasteiger partial charge in [-0.3, -0.25) is 9.59 Å². The van der Waals surface area contributed by atoms with Crippen LogP contribution in [0.5, 0.6) is 5.75 Å². The van der Waals surface area contributed by atoms with Gasteiger partial charge in [0, 0.05) is 11.4 Å². The van der Waals surface area contributed by atoms with E-state index in [9.17, 15) is 22.8 Å². The predicted molar refractivity (Wildman–Crippen MR) is 113 cm³/mol. The first-order chi connectivity index (χ1) is 15.3. The predicted octanol–water partition coefficient (Wildman–Crippen LogP) is 4.83. The molecule has 1 unspecified atom stereocenters. The molecule has 0 saturated carbocycles. The van der Waals surface area contributed by atoms with Crippen LogP contribution in [0.2, 0.25) is 0 Å². The van der Waals surface area contributed by atoms with Crippen molar-refractivity contribution in [1.29, 1.82) is 0 Å². The Morgan fingerprint density at radius 3 is 2.50 bits per heavy atom. The normalized spacial score (nSPS) is 13.9. The largest absolute Gasteiger partial charge is 0.482 e. The van der Waals surface area contributed by atoms with Gasteiger partial charge >= 0.3 is 6.18 Å². The number of amides is 2. The Bertz CT molecular complexity index is 1150. The number of nitrogens with one attached hydrogen (secondary N) is 3. The van der Waals surface area contributed by atoms with Gasteiger partial charge in [0.2, 0.25) is 0 Å². The zero-order valence-electron chi connectivity index (χ0n) is 16.6. The third-order valence-electron chi connectivity index (χ3n) is 4.78. The van der Waals surface area contributed by atoms with Gasteiger partial charge in [0.05, 0.1) is 11.3 Å². The van der Waals surface area contributed by atoms with Gasteiger partial charge in [0.25, 0.3) is 11.8 Å². The molecule has 3 aromatic carbocycles. The van der Waals surface area contributed by atoms with Crippen LogP contribution in [-0.2, 0) is 15.8 Å². The van der Waals surface area contributed by atoms with Crippen LogP contribution >= 0.6 is 0 Å². The van der Waals surface area contributed by atoms with Crippen molar-refractivity contribution in [2.24, 2.45) is 0 Å². The highest BCUT2D eigenvalue weighted by atomic mass is 19.4. The molecule has 1 atom stereocenters. The van der Waals surface area contributed by atoms with Gasteiger partial charge in [0.1, 0.15) is 11.8 Å². The number of halogens is 3. The molecule has 1 aliphatic heterocycles. The van der Waals surface area contributed by atoms with Crippen LogP contribution in [-0.4, -0.2) is 18.4 Å². The highest BCUT2D eigenvalue weighted by Gasteiger charge is 2.31. The summed E-state index contributed by atoms with van der Waals surface area (Å²) in [5.74, 6) is -0.343. The molecule has 0 saturated heterocycles. The molecule has 32 heavy (non-hydrogen) atoms. The smallest absolute Gasteiger partial charge is 0.416 e. The summed E-state index contributed by atoms with van der Waals surface area (Å²) in [6.45, 7) is -0.0776. The van der Waals surface area contributed by atoms with E-state index in [4.69, 9.17) is 4.74 Å². The molecule has 9 heteroatoms. The third-order valence-corrected chi connectivity index (χ3v) is 4.78. The van der Waals surface area contributed by atoms with E-state index in [1.165, 1.54) is 12.1 Å². The fourth-order valence-corrected chi connectivity index (χ4v) is 3.27. The molecule has 1 heterocycles. The Kier molecular flexibility index (Phi) is 5.72. The summed E-state index contributed by atoms with van der Waals surface area (Å²) in [4.78, 5) is 24.7. The molecule has 0 aromatic heterocycles. The highest BCUT2D eigenvalue weighted by molar-refractivity contribution is 5.98. The SMILES string of the molecule is O=C1COc2ccc(NC(C(=O)Nc3cccc(C(F)(F)F)c3)c3ccccc3)cc2N1. The van der Waals surface area contributed by atoms with E-state index in [0.717, 1.165) is 12.1 Å². The molecule has 164 valence electrons. The first kappa shape index (κ1) is 21.2. The van der Waals surface area contributed by atoms with Gasteiger partial charge in [-0.15, -0.1) is 0 Å². The number of rotatable bonds is 5. The van der Waals surface area contributed by atoms with Gasteiger partial charge in [-0.05, 0) is 42.0 Å². The third kappa shape index (κ3) is 4.83. The van der Waals surface area contributed by atoms with Crippen LogP contribution in [0.25, 0.3) is 0 Å². The van der Waals surface area contributed by atoms with Crippen molar-refractivity contribution in [3.05, 3.63) is 83.9 Å². The van der Waals surface area contributed by atoms with Gasteiger partial charge in [-0.25, -0.2) is 0 Å². The maximum Gasteiger partial charge on any atom is 0.416 e. The standard InChI is InChI=1S/C23H18F3N3O3/c24-23(25,26)15-7-4-8-16(11-15)28-22(31)21(14-5-2-1-3-6-14)27-17-9-10-19-18(12-17)29-20(30)13-32-19/h1-12,21,27H,13H2,(H,28,31)(H,29,30). The molecule has 0 bridgehead atoms. The summed E-state index contributed by atoms with van der Waals surface area (Å²) in [6, 6.07) is 17.2. The van der Waals surface area contributed by atoms with E-state index in [1.54, 1.807) is 48.5 Å². The summed E-state index contributed by atoms with van der Waals surface area (Å²) in [5.41, 5.74) is 0.748. The van der Waals surface area contributed by atoms with Crippen LogP contribution in [0.4, 0.5) is 30.2 Å². The average Bonchev–Trinajstić information content (AvgIpc) is 2.77. The number of hydrogen-bond acceptors (Lipinski definition) is 4. The fraction of sp³-hybridized carbons (Fsp3) is 0.130. The van der Waals surface area contributed by atoms with Crippen molar-refractivity contribution < 1.29 is 27.5 Å². The van der Waals surface area contributed by atoms with E-state index in [0.29, 0.717) is 22.7 Å². The molecule has 1 aliphatic rings. The number of ether oxygens (including phenoxy) is 1. The minimum Gasteiger partial charge on any atom is -0.482 e. The number of alkyl halides is 3. The zero-order chi connectivity index (χ0) is 22.7. The second-order valence-corrected chi connectivity index (χ2v) is 7.10. The maximum atomic E-state index is 13.1. The molecule has 4 rings (SSSR count). The van der Waals surface area contributed by atoms with Crippen molar-refractivity contribution in [3.8, 4) is 5.75 Å². The Labute approximate surface area is 181 Å². The van der Waals surface area contributed by atoms with Crippen molar-refractivity contribution in [3.63, 3.8) is 0 Å². The second kappa shape index (κ2) is 8.62. The molecular formula is C23H18F3N3O3. The van der Waals surface area contributed by atoms with Crippen molar-refractivity contribution in [2.45, 2.75) is 12.2 Å². The minimum atomic E-state index is -4.52. The van der Waals surface area contributed by atoms with Crippen LogP contribution in [0.3, 0.4) is 0 Å². The molecule has 0 spiro atoms. The van der Waals surface area contributed by atoms with Crippen LogP contribution < -0.4 is 20.7 Å². The van der Waals surface area contributed by atoms with E-state index in [1.807, 2.05) is 0 Å². The lowest BCUT2D eigenvalue weighted by Gasteiger charge is -2.23. The lowest BCUT2D eigenvalue weighted by atomic mass is 10.0. The summed E-state index contributed by atoms with van der Waals surface area (Å²) in [6.07, 6.45) is -4.52. The van der Waals surface area contributed by atoms with Gasteiger partial charge < -0.3 is 20.7 Å². The van der Waals surface area contributed by atoms with Crippen LogP contribution in [0.15, 0.2) is 72.8 Å². The lowest BCUT2D eigenvalue weighted by Crippen LogP contribution is -2.28. The number of carbonyl (C=O) groups excluding carboxylic acids is 2. The van der Waals surface area contributed by atoms with Crippen LogP contribution in [0, 0.1) is 0 Å². The zero-order valence-corrected chi connectivity index (χ0v) is 16.6. The Hall–Kier alpha value is -4.01. The Morgan fingerprint density at radius 2 is 1.75 bits per heavy atom. The number of benzene rings is 3. The number of carbonyl (C=O) groups is 2. The van der Waals surface area contributed by atoms with E-state index in [-0.39, 0.29) is 18.2 Å². The highest BCUT2D eigenvalue weighted by Crippen LogP contribution is 2.33. The molecular weight excluding hydrogens is 423 g/mol. The Morgan fingerprint density at radius 1 is 0.969 bits per heavy atom. The quantitative estimate of drug-likeness (QED) is 0.530. The number of hydrogen-bond donors (Lipinski definition) is 3.